The molecule has 2 heterocycles. The molecule has 0 spiro atoms. The minimum Gasteiger partial charge on any atom is -0.469 e. The van der Waals surface area contributed by atoms with Crippen LogP contribution in [0.2, 0.25) is 0 Å². The molecule has 0 unspecified atom stereocenters. The summed E-state index contributed by atoms with van der Waals surface area (Å²) in [5.74, 6) is 0.665. The van der Waals surface area contributed by atoms with E-state index < -0.39 is 10.0 Å². The van der Waals surface area contributed by atoms with E-state index in [2.05, 4.69) is 20.7 Å². The van der Waals surface area contributed by atoms with Crippen LogP contribution in [0.15, 0.2) is 43.0 Å². The van der Waals surface area contributed by atoms with Crippen molar-refractivity contribution >= 4 is 37.0 Å². The second kappa shape index (κ2) is 5.91. The van der Waals surface area contributed by atoms with Crippen LogP contribution in [0.3, 0.4) is 0 Å². The van der Waals surface area contributed by atoms with Gasteiger partial charge in [-0.05, 0) is 41.1 Å². The Bertz CT molecular complexity index is 1090. The van der Waals surface area contributed by atoms with E-state index in [1.165, 1.54) is 21.5 Å². The number of nitrogens with zero attached hydrogens (tertiary/aromatic N) is 2. The molecule has 1 aromatic carbocycles. The van der Waals surface area contributed by atoms with E-state index in [0.29, 0.717) is 21.3 Å². The van der Waals surface area contributed by atoms with Crippen LogP contribution in [0.25, 0.3) is 11.0 Å². The van der Waals surface area contributed by atoms with Gasteiger partial charge in [-0.2, -0.15) is 0 Å². The number of halogens is 1. The number of aromatic nitrogens is 2. The van der Waals surface area contributed by atoms with Gasteiger partial charge in [0, 0.05) is 30.7 Å². The highest BCUT2D eigenvalue weighted by Gasteiger charge is 2.21. The highest BCUT2D eigenvalue weighted by atomic mass is 79.9. The average Bonchev–Trinajstić information content (AvgIpc) is 3.03. The number of nitrogens with one attached hydrogen (secondary N) is 1. The summed E-state index contributed by atoms with van der Waals surface area (Å²) in [5.41, 5.74) is 1.75. The number of imidazole rings is 1. The zero-order valence-electron chi connectivity index (χ0n) is 13.3. The molecule has 3 aromatic rings. The second-order valence-electron chi connectivity index (χ2n) is 5.50. The SMILES string of the molecule is Cc1occc1CNS(=O)(=O)c1cc2c(cc1Br)n(C)c(=O)n2C. The van der Waals surface area contributed by atoms with Gasteiger partial charge in [-0.3, -0.25) is 9.13 Å². The minimum absolute atomic E-state index is 0.0809. The second-order valence-corrected chi connectivity index (χ2v) is 8.09. The molecule has 0 radical (unpaired) electrons. The molecule has 9 heteroatoms. The van der Waals surface area contributed by atoms with E-state index in [4.69, 9.17) is 4.42 Å². The monoisotopic (exact) mass is 413 g/mol. The van der Waals surface area contributed by atoms with Crippen molar-refractivity contribution in [2.24, 2.45) is 14.1 Å². The molecule has 0 atom stereocenters. The topological polar surface area (TPSA) is 86.2 Å². The first-order valence-corrected chi connectivity index (χ1v) is 9.37. The number of hydrogen-bond donors (Lipinski definition) is 1. The Hall–Kier alpha value is -1.84. The van der Waals surface area contributed by atoms with E-state index in [1.807, 2.05) is 0 Å². The zero-order chi connectivity index (χ0) is 17.6. The summed E-state index contributed by atoms with van der Waals surface area (Å²) in [6.07, 6.45) is 1.51. The maximum atomic E-state index is 12.6. The molecule has 3 rings (SSSR count). The Morgan fingerprint density at radius 3 is 2.42 bits per heavy atom. The van der Waals surface area contributed by atoms with Gasteiger partial charge < -0.3 is 4.42 Å². The Kier molecular flexibility index (Phi) is 4.18. The van der Waals surface area contributed by atoms with Crippen LogP contribution < -0.4 is 10.4 Å². The van der Waals surface area contributed by atoms with Crippen molar-refractivity contribution in [3.8, 4) is 0 Å². The van der Waals surface area contributed by atoms with E-state index in [0.717, 1.165) is 5.56 Å². The molecule has 7 nitrogen and oxygen atoms in total. The molecule has 0 aliphatic carbocycles. The standard InChI is InChI=1S/C15H16BrN3O4S/c1-9-10(4-5-23-9)8-17-24(21,22)14-7-13-12(6-11(14)16)18(2)15(20)19(13)3/h4-7,17H,8H2,1-3H3. The Balaban J connectivity index is 2.04. The fourth-order valence-electron chi connectivity index (χ4n) is 2.55. The van der Waals surface area contributed by atoms with Gasteiger partial charge in [-0.15, -0.1) is 0 Å². The van der Waals surface area contributed by atoms with Crippen LogP contribution in [-0.4, -0.2) is 17.6 Å². The van der Waals surface area contributed by atoms with Crippen LogP contribution in [0.1, 0.15) is 11.3 Å². The molecule has 0 saturated heterocycles. The van der Waals surface area contributed by atoms with Crippen LogP contribution in [0.4, 0.5) is 0 Å². The normalized spacial score (nSPS) is 12.2. The van der Waals surface area contributed by atoms with Crippen LogP contribution >= 0.6 is 15.9 Å². The first-order chi connectivity index (χ1) is 11.2. The molecule has 24 heavy (non-hydrogen) atoms. The predicted octanol–water partition coefficient (Wildman–Crippen LogP) is 2.02. The lowest BCUT2D eigenvalue weighted by molar-refractivity contribution is 0.528. The highest BCUT2D eigenvalue weighted by Crippen LogP contribution is 2.27. The number of hydrogen-bond acceptors (Lipinski definition) is 4. The van der Waals surface area contributed by atoms with E-state index >= 15 is 0 Å². The number of furan rings is 1. The van der Waals surface area contributed by atoms with Crippen molar-refractivity contribution in [1.29, 1.82) is 0 Å². The molecule has 0 bridgehead atoms. The number of rotatable bonds is 4. The number of aryl methyl sites for hydroxylation is 3. The summed E-state index contributed by atoms with van der Waals surface area (Å²) in [6, 6.07) is 4.84. The van der Waals surface area contributed by atoms with E-state index in [9.17, 15) is 13.2 Å². The van der Waals surface area contributed by atoms with Crippen LogP contribution in [0.5, 0.6) is 0 Å². The molecule has 0 aliphatic rings. The molecule has 0 fully saturated rings. The van der Waals surface area contributed by atoms with Gasteiger partial charge in [-0.1, -0.05) is 0 Å². The number of fused-ring (bicyclic) bond motifs is 1. The van der Waals surface area contributed by atoms with Gasteiger partial charge in [-0.25, -0.2) is 17.9 Å². The maximum Gasteiger partial charge on any atom is 0.328 e. The lowest BCUT2D eigenvalue weighted by Gasteiger charge is -2.09. The summed E-state index contributed by atoms with van der Waals surface area (Å²) in [7, 11) is -0.506. The molecular weight excluding hydrogens is 398 g/mol. The van der Waals surface area contributed by atoms with Gasteiger partial charge >= 0.3 is 5.69 Å². The van der Waals surface area contributed by atoms with Gasteiger partial charge in [0.1, 0.15) is 5.76 Å². The molecule has 128 valence electrons. The number of benzene rings is 1. The number of sulfonamides is 1. The minimum atomic E-state index is -3.76. The molecule has 1 N–H and O–H groups in total. The van der Waals surface area contributed by atoms with Crippen molar-refractivity contribution in [3.05, 3.63) is 50.7 Å². The smallest absolute Gasteiger partial charge is 0.328 e. The average molecular weight is 414 g/mol. The maximum absolute atomic E-state index is 12.6. The van der Waals surface area contributed by atoms with Crippen LogP contribution in [-0.2, 0) is 30.7 Å². The molecular formula is C15H16BrN3O4S. The van der Waals surface area contributed by atoms with Gasteiger partial charge in [0.25, 0.3) is 0 Å². The fraction of sp³-hybridized carbons (Fsp3) is 0.267. The highest BCUT2D eigenvalue weighted by molar-refractivity contribution is 9.10. The Morgan fingerprint density at radius 1 is 1.21 bits per heavy atom. The third-order valence-electron chi connectivity index (χ3n) is 4.03. The quantitative estimate of drug-likeness (QED) is 0.708. The van der Waals surface area contributed by atoms with E-state index in [-0.39, 0.29) is 17.1 Å². The zero-order valence-corrected chi connectivity index (χ0v) is 15.7. The predicted molar refractivity (Wildman–Crippen MR) is 93.3 cm³/mol. The van der Waals surface area contributed by atoms with Gasteiger partial charge in [0.2, 0.25) is 10.0 Å². The van der Waals surface area contributed by atoms with Crippen molar-refractivity contribution < 1.29 is 12.8 Å². The van der Waals surface area contributed by atoms with Crippen molar-refractivity contribution in [2.45, 2.75) is 18.4 Å². The Labute approximate surface area is 147 Å². The summed E-state index contributed by atoms with van der Waals surface area (Å²) in [4.78, 5) is 12.1. The lowest BCUT2D eigenvalue weighted by Crippen LogP contribution is -2.23. The lowest BCUT2D eigenvalue weighted by atomic mass is 10.3. The molecule has 0 saturated carbocycles. The fourth-order valence-corrected chi connectivity index (χ4v) is 4.61. The first kappa shape index (κ1) is 17.0. The summed E-state index contributed by atoms with van der Waals surface area (Å²) >= 11 is 3.29. The van der Waals surface area contributed by atoms with Crippen molar-refractivity contribution in [2.75, 3.05) is 0 Å². The van der Waals surface area contributed by atoms with Gasteiger partial charge in [0.15, 0.2) is 0 Å². The van der Waals surface area contributed by atoms with Crippen molar-refractivity contribution in [1.82, 2.24) is 13.9 Å². The molecule has 0 amide bonds. The summed E-state index contributed by atoms with van der Waals surface area (Å²) in [5, 5.41) is 0. The third-order valence-corrected chi connectivity index (χ3v) is 6.39. The third kappa shape index (κ3) is 2.72. The Morgan fingerprint density at radius 2 is 1.83 bits per heavy atom. The van der Waals surface area contributed by atoms with Crippen molar-refractivity contribution in [3.63, 3.8) is 0 Å². The van der Waals surface area contributed by atoms with Gasteiger partial charge in [0.05, 0.1) is 22.2 Å². The molecule has 0 aliphatic heterocycles. The summed E-state index contributed by atoms with van der Waals surface area (Å²) < 4.78 is 36.3. The summed E-state index contributed by atoms with van der Waals surface area (Å²) in [6.45, 7) is 1.90. The largest absolute Gasteiger partial charge is 0.469 e. The van der Waals surface area contributed by atoms with E-state index in [1.54, 1.807) is 33.2 Å². The molecule has 2 aromatic heterocycles. The van der Waals surface area contributed by atoms with Crippen LogP contribution in [0, 0.1) is 6.92 Å². The first-order valence-electron chi connectivity index (χ1n) is 7.10.